The maximum absolute atomic E-state index is 14.1. The van der Waals surface area contributed by atoms with Crippen molar-refractivity contribution in [1.29, 1.82) is 0 Å². The lowest BCUT2D eigenvalue weighted by Gasteiger charge is -2.31. The Morgan fingerprint density at radius 3 is 1.27 bits per heavy atom. The van der Waals surface area contributed by atoms with Gasteiger partial charge in [-0.3, -0.25) is 9.59 Å². The zero-order valence-electron chi connectivity index (χ0n) is 27.6. The molecule has 0 atom stereocenters. The molecular formula is C32H46N4O8S4. The van der Waals surface area contributed by atoms with Crippen molar-refractivity contribution >= 4 is 55.4 Å². The van der Waals surface area contributed by atoms with Crippen molar-refractivity contribution < 1.29 is 35.9 Å². The van der Waals surface area contributed by atoms with Crippen molar-refractivity contribution in [2.24, 2.45) is 0 Å². The Balaban J connectivity index is 1.76. The Morgan fingerprint density at radius 1 is 0.521 bits per heavy atom. The van der Waals surface area contributed by atoms with Gasteiger partial charge in [-0.1, -0.05) is 35.4 Å². The predicted molar refractivity (Wildman–Crippen MR) is 189 cm³/mol. The molecule has 3 fully saturated rings. The van der Waals surface area contributed by atoms with Crippen molar-refractivity contribution in [3.8, 4) is 0 Å². The zero-order valence-corrected chi connectivity index (χ0v) is 30.9. The van der Waals surface area contributed by atoms with Crippen molar-refractivity contribution in [3.05, 3.63) is 59.7 Å². The smallest absolute Gasteiger partial charge is 0.243 e. The van der Waals surface area contributed by atoms with Crippen LogP contribution in [0.15, 0.2) is 58.3 Å². The summed E-state index contributed by atoms with van der Waals surface area (Å²) < 4.78 is 69.8. The minimum absolute atomic E-state index is 0.0108. The molecule has 2 amide bonds. The molecule has 0 saturated carbocycles. The van der Waals surface area contributed by atoms with E-state index in [4.69, 9.17) is 9.47 Å². The first-order valence-electron chi connectivity index (χ1n) is 16.0. The second kappa shape index (κ2) is 18.7. The van der Waals surface area contributed by atoms with Gasteiger partial charge in [0.25, 0.3) is 0 Å². The number of benzene rings is 2. The van der Waals surface area contributed by atoms with Crippen LogP contribution >= 0.6 is 23.5 Å². The van der Waals surface area contributed by atoms with Crippen LogP contribution in [0.1, 0.15) is 11.1 Å². The van der Waals surface area contributed by atoms with Crippen LogP contribution in [0.4, 0.5) is 0 Å². The van der Waals surface area contributed by atoms with Gasteiger partial charge in [-0.2, -0.15) is 32.1 Å². The lowest BCUT2D eigenvalue weighted by atomic mass is 10.2. The van der Waals surface area contributed by atoms with E-state index in [-0.39, 0.29) is 62.4 Å². The Labute approximate surface area is 293 Å². The van der Waals surface area contributed by atoms with Gasteiger partial charge >= 0.3 is 0 Å². The topological polar surface area (TPSA) is 134 Å². The van der Waals surface area contributed by atoms with E-state index >= 15 is 0 Å². The van der Waals surface area contributed by atoms with Gasteiger partial charge in [0.2, 0.25) is 31.9 Å². The predicted octanol–water partition coefficient (Wildman–Crippen LogP) is 2.17. The normalized spacial score (nSPS) is 20.5. The summed E-state index contributed by atoms with van der Waals surface area (Å²) in [5, 5.41) is 0. The Hall–Kier alpha value is -2.18. The van der Waals surface area contributed by atoms with Crippen LogP contribution < -0.4 is 0 Å². The number of thioether (sulfide) groups is 2. The fourth-order valence-electron chi connectivity index (χ4n) is 5.08. The molecule has 0 spiro atoms. The number of carbonyl (C=O) groups excluding carboxylic acids is 2. The molecule has 2 aromatic carbocycles. The Bertz CT molecular complexity index is 1420. The third kappa shape index (κ3) is 11.2. The summed E-state index contributed by atoms with van der Waals surface area (Å²) in [6, 6.07) is 12.6. The number of rotatable bonds is 4. The third-order valence-electron chi connectivity index (χ3n) is 8.01. The second-order valence-electron chi connectivity index (χ2n) is 11.5. The van der Waals surface area contributed by atoms with Crippen LogP contribution in [0.3, 0.4) is 0 Å². The summed E-state index contributed by atoms with van der Waals surface area (Å²) in [4.78, 5) is 30.9. The molecule has 12 nitrogen and oxygen atoms in total. The monoisotopic (exact) mass is 742 g/mol. The van der Waals surface area contributed by atoms with Crippen LogP contribution in [0.2, 0.25) is 0 Å². The van der Waals surface area contributed by atoms with Crippen molar-refractivity contribution in [2.75, 3.05) is 102 Å². The molecule has 266 valence electrons. The lowest BCUT2D eigenvalue weighted by molar-refractivity contribution is -0.133. The van der Waals surface area contributed by atoms with Gasteiger partial charge in [0.05, 0.1) is 49.3 Å². The Kier molecular flexibility index (Phi) is 15.1. The number of fused-ring (bicyclic) bond motifs is 21. The molecule has 2 bridgehead atoms. The highest BCUT2D eigenvalue weighted by molar-refractivity contribution is 8.02. The molecule has 5 rings (SSSR count). The van der Waals surface area contributed by atoms with Crippen LogP contribution in [0.25, 0.3) is 0 Å². The standard InChI is InChI=1S/C32H46N4O8S4/c1-27-3-7-29(8-4-27)47(39,40)35-11-12-36(48(41,42)30-9-5-28(2)6-10-30)26-32(38)34-14-18-44-20-19-43-17-13-33(31(37)25-35)15-21-45-23-24-46-22-16-34/h3-10H,11-26H2,1-2H3. The first-order valence-corrected chi connectivity index (χ1v) is 21.2. The molecule has 3 aliphatic rings. The van der Waals surface area contributed by atoms with Gasteiger partial charge in [-0.25, -0.2) is 16.8 Å². The summed E-state index contributed by atoms with van der Waals surface area (Å²) in [5.41, 5.74) is 1.73. The quantitative estimate of drug-likeness (QED) is 0.459. The van der Waals surface area contributed by atoms with E-state index in [0.717, 1.165) is 31.2 Å². The number of nitrogens with zero attached hydrogens (tertiary/aromatic N) is 4. The number of hydrogen-bond donors (Lipinski definition) is 0. The number of amides is 2. The van der Waals surface area contributed by atoms with Gasteiger partial charge in [0.1, 0.15) is 0 Å². The molecule has 3 saturated heterocycles. The van der Waals surface area contributed by atoms with Crippen LogP contribution in [0, 0.1) is 13.8 Å². The molecule has 2 aromatic rings. The summed E-state index contributed by atoms with van der Waals surface area (Å²) in [5.74, 6) is 2.17. The summed E-state index contributed by atoms with van der Waals surface area (Å²) in [6.07, 6.45) is 0. The fourth-order valence-corrected chi connectivity index (χ4v) is 9.89. The van der Waals surface area contributed by atoms with Crippen LogP contribution in [-0.4, -0.2) is 149 Å². The molecule has 16 heteroatoms. The fraction of sp³-hybridized carbons (Fsp3) is 0.562. The lowest BCUT2D eigenvalue weighted by Crippen LogP contribution is -2.49. The molecule has 0 unspecified atom stereocenters. The first kappa shape index (κ1) is 38.6. The third-order valence-corrected chi connectivity index (χ3v) is 13.9. The largest absolute Gasteiger partial charge is 0.377 e. The van der Waals surface area contributed by atoms with Crippen molar-refractivity contribution in [1.82, 2.24) is 18.4 Å². The average molecular weight is 743 g/mol. The maximum atomic E-state index is 14.1. The van der Waals surface area contributed by atoms with Gasteiger partial charge in [-0.05, 0) is 38.1 Å². The number of aryl methyl sites for hydroxylation is 2. The van der Waals surface area contributed by atoms with Gasteiger partial charge in [0, 0.05) is 62.3 Å². The highest BCUT2D eigenvalue weighted by atomic mass is 32.2. The van der Waals surface area contributed by atoms with Gasteiger partial charge in [-0.15, -0.1) is 0 Å². The number of hydrogen-bond acceptors (Lipinski definition) is 10. The highest BCUT2D eigenvalue weighted by Crippen LogP contribution is 2.21. The minimum Gasteiger partial charge on any atom is -0.377 e. The number of sulfonamides is 2. The van der Waals surface area contributed by atoms with E-state index in [1.54, 1.807) is 57.6 Å². The van der Waals surface area contributed by atoms with E-state index < -0.39 is 45.0 Å². The van der Waals surface area contributed by atoms with E-state index in [1.165, 1.54) is 24.3 Å². The molecule has 0 aliphatic carbocycles. The van der Waals surface area contributed by atoms with Crippen LogP contribution in [0.5, 0.6) is 0 Å². The van der Waals surface area contributed by atoms with Gasteiger partial charge in [0.15, 0.2) is 0 Å². The zero-order chi connectivity index (χ0) is 34.6. The van der Waals surface area contributed by atoms with Gasteiger partial charge < -0.3 is 19.3 Å². The van der Waals surface area contributed by atoms with E-state index in [9.17, 15) is 26.4 Å². The molecule has 3 heterocycles. The van der Waals surface area contributed by atoms with E-state index in [2.05, 4.69) is 0 Å². The molecule has 3 aliphatic heterocycles. The summed E-state index contributed by atoms with van der Waals surface area (Å²) in [7, 11) is -8.48. The first-order chi connectivity index (χ1) is 23.0. The average Bonchev–Trinajstić information content (AvgIpc) is 3.05. The second-order valence-corrected chi connectivity index (χ2v) is 17.8. The molecule has 0 aromatic heterocycles. The molecular weight excluding hydrogens is 697 g/mol. The highest BCUT2D eigenvalue weighted by Gasteiger charge is 2.33. The molecule has 0 radical (unpaired) electrons. The maximum Gasteiger partial charge on any atom is 0.243 e. The number of ether oxygens (including phenoxy) is 2. The summed E-state index contributed by atoms with van der Waals surface area (Å²) >= 11 is 3.42. The van der Waals surface area contributed by atoms with E-state index in [1.807, 2.05) is 13.8 Å². The Morgan fingerprint density at radius 2 is 0.896 bits per heavy atom. The molecule has 48 heavy (non-hydrogen) atoms. The number of carbonyl (C=O) groups is 2. The van der Waals surface area contributed by atoms with E-state index in [0.29, 0.717) is 24.6 Å². The minimum atomic E-state index is -4.24. The SMILES string of the molecule is Cc1ccc(S(=O)(=O)N2CCN(S(=O)(=O)c3ccc(C)cc3)CC(=O)N3CCOCCOCCN(CCSCCSCC3)C(=O)C2)cc1. The molecule has 0 N–H and O–H groups in total. The van der Waals surface area contributed by atoms with Crippen molar-refractivity contribution in [2.45, 2.75) is 23.6 Å². The summed E-state index contributed by atoms with van der Waals surface area (Å²) in [6.45, 7) is 4.39. The van der Waals surface area contributed by atoms with Crippen molar-refractivity contribution in [3.63, 3.8) is 0 Å². The van der Waals surface area contributed by atoms with Crippen LogP contribution in [-0.2, 0) is 39.1 Å².